The molecule has 3 nitrogen and oxygen atoms in total. The van der Waals surface area contributed by atoms with Crippen LogP contribution in [0.4, 0.5) is 5.69 Å². The van der Waals surface area contributed by atoms with E-state index in [1.165, 1.54) is 0 Å². The summed E-state index contributed by atoms with van der Waals surface area (Å²) in [6.45, 7) is 1.93. The number of nitrogen functional groups attached to an aromatic ring is 1. The lowest BCUT2D eigenvalue weighted by Gasteiger charge is -2.04. The summed E-state index contributed by atoms with van der Waals surface area (Å²) in [5.41, 5.74) is 8.76. The van der Waals surface area contributed by atoms with Crippen molar-refractivity contribution >= 4 is 5.69 Å². The standard InChI is InChI=1S/C12H12N2O/c1-8-2-3-10(7-14-8)9-4-5-11(13)12(15)6-9/h2-7,15H,13H2,1H3. The number of aromatic nitrogens is 1. The van der Waals surface area contributed by atoms with Crippen molar-refractivity contribution in [1.82, 2.24) is 4.98 Å². The molecule has 0 fully saturated rings. The zero-order valence-electron chi connectivity index (χ0n) is 8.44. The van der Waals surface area contributed by atoms with Gasteiger partial charge in [-0.15, -0.1) is 0 Å². The smallest absolute Gasteiger partial charge is 0.139 e. The number of nitrogens with two attached hydrogens (primary N) is 1. The molecule has 1 aromatic carbocycles. The van der Waals surface area contributed by atoms with E-state index in [4.69, 9.17) is 5.73 Å². The summed E-state index contributed by atoms with van der Waals surface area (Å²) >= 11 is 0. The fraction of sp³-hybridized carbons (Fsp3) is 0.0833. The van der Waals surface area contributed by atoms with Crippen LogP contribution in [-0.2, 0) is 0 Å². The number of hydrogen-bond acceptors (Lipinski definition) is 3. The number of aromatic hydroxyl groups is 1. The minimum Gasteiger partial charge on any atom is -0.506 e. The van der Waals surface area contributed by atoms with Crippen molar-refractivity contribution in [3.63, 3.8) is 0 Å². The lowest BCUT2D eigenvalue weighted by molar-refractivity contribution is 0.478. The number of benzene rings is 1. The van der Waals surface area contributed by atoms with E-state index in [-0.39, 0.29) is 5.75 Å². The first-order valence-electron chi connectivity index (χ1n) is 4.68. The highest BCUT2D eigenvalue weighted by Crippen LogP contribution is 2.27. The summed E-state index contributed by atoms with van der Waals surface area (Å²) in [6.07, 6.45) is 1.78. The Morgan fingerprint density at radius 3 is 2.47 bits per heavy atom. The Labute approximate surface area is 88.2 Å². The fourth-order valence-corrected chi connectivity index (χ4v) is 1.36. The maximum absolute atomic E-state index is 9.47. The van der Waals surface area contributed by atoms with Crippen LogP contribution in [0.1, 0.15) is 5.69 Å². The average molecular weight is 200 g/mol. The maximum atomic E-state index is 9.47. The number of nitrogens with zero attached hydrogens (tertiary/aromatic N) is 1. The van der Waals surface area contributed by atoms with Crippen molar-refractivity contribution < 1.29 is 5.11 Å². The maximum Gasteiger partial charge on any atom is 0.139 e. The largest absolute Gasteiger partial charge is 0.506 e. The zero-order valence-corrected chi connectivity index (χ0v) is 8.44. The van der Waals surface area contributed by atoms with Crippen molar-refractivity contribution in [2.24, 2.45) is 0 Å². The molecule has 0 spiro atoms. The lowest BCUT2D eigenvalue weighted by Crippen LogP contribution is -1.87. The Hall–Kier alpha value is -2.03. The van der Waals surface area contributed by atoms with Gasteiger partial charge in [0.05, 0.1) is 5.69 Å². The van der Waals surface area contributed by atoms with E-state index in [1.807, 2.05) is 25.1 Å². The summed E-state index contributed by atoms with van der Waals surface area (Å²) in [4.78, 5) is 4.19. The molecule has 0 saturated carbocycles. The second-order valence-corrected chi connectivity index (χ2v) is 3.46. The third-order valence-electron chi connectivity index (χ3n) is 2.28. The van der Waals surface area contributed by atoms with Crippen LogP contribution in [0.25, 0.3) is 11.1 Å². The molecule has 0 aliphatic heterocycles. The number of rotatable bonds is 1. The predicted molar refractivity (Wildman–Crippen MR) is 60.5 cm³/mol. The van der Waals surface area contributed by atoms with Gasteiger partial charge in [-0.1, -0.05) is 12.1 Å². The molecule has 0 aliphatic carbocycles. The first-order chi connectivity index (χ1) is 7.16. The Morgan fingerprint density at radius 2 is 1.87 bits per heavy atom. The van der Waals surface area contributed by atoms with Gasteiger partial charge in [0.25, 0.3) is 0 Å². The molecule has 3 heteroatoms. The fourth-order valence-electron chi connectivity index (χ4n) is 1.36. The van der Waals surface area contributed by atoms with Crippen molar-refractivity contribution in [2.45, 2.75) is 6.92 Å². The van der Waals surface area contributed by atoms with Gasteiger partial charge in [-0.3, -0.25) is 4.98 Å². The van der Waals surface area contributed by atoms with Gasteiger partial charge in [-0.25, -0.2) is 0 Å². The lowest BCUT2D eigenvalue weighted by atomic mass is 10.1. The van der Waals surface area contributed by atoms with Crippen LogP contribution in [-0.4, -0.2) is 10.1 Å². The number of phenols is 1. The van der Waals surface area contributed by atoms with E-state index in [0.717, 1.165) is 16.8 Å². The highest BCUT2D eigenvalue weighted by molar-refractivity contribution is 5.68. The Kier molecular flexibility index (Phi) is 2.29. The average Bonchev–Trinajstić information content (AvgIpc) is 2.23. The molecule has 2 rings (SSSR count). The van der Waals surface area contributed by atoms with Gasteiger partial charge >= 0.3 is 0 Å². The van der Waals surface area contributed by atoms with E-state index in [1.54, 1.807) is 18.3 Å². The number of hydrogen-bond donors (Lipinski definition) is 2. The molecule has 1 aromatic heterocycles. The van der Waals surface area contributed by atoms with E-state index in [0.29, 0.717) is 5.69 Å². The van der Waals surface area contributed by atoms with Gasteiger partial charge in [-0.05, 0) is 30.7 Å². The van der Waals surface area contributed by atoms with E-state index in [9.17, 15) is 5.11 Å². The molecule has 2 aromatic rings. The van der Waals surface area contributed by atoms with Crippen molar-refractivity contribution in [3.05, 3.63) is 42.2 Å². The van der Waals surface area contributed by atoms with Crippen LogP contribution in [0, 0.1) is 6.92 Å². The normalized spacial score (nSPS) is 10.2. The van der Waals surface area contributed by atoms with Crippen LogP contribution >= 0.6 is 0 Å². The third-order valence-corrected chi connectivity index (χ3v) is 2.28. The summed E-state index contributed by atoms with van der Waals surface area (Å²) < 4.78 is 0. The molecule has 0 bridgehead atoms. The molecule has 0 radical (unpaired) electrons. The molecular formula is C12H12N2O. The topological polar surface area (TPSA) is 59.1 Å². The quantitative estimate of drug-likeness (QED) is 0.548. The molecule has 3 N–H and O–H groups in total. The van der Waals surface area contributed by atoms with Gasteiger partial charge in [0.2, 0.25) is 0 Å². The first kappa shape index (κ1) is 9.52. The Bertz CT molecular complexity index is 477. The minimum atomic E-state index is 0.105. The van der Waals surface area contributed by atoms with Gasteiger partial charge < -0.3 is 10.8 Å². The zero-order chi connectivity index (χ0) is 10.8. The Balaban J connectivity index is 2.45. The van der Waals surface area contributed by atoms with Crippen molar-refractivity contribution in [2.75, 3.05) is 5.73 Å². The molecule has 1 heterocycles. The second kappa shape index (κ2) is 3.61. The molecule has 15 heavy (non-hydrogen) atoms. The molecular weight excluding hydrogens is 188 g/mol. The van der Waals surface area contributed by atoms with Crippen LogP contribution in [0.2, 0.25) is 0 Å². The molecule has 0 unspecified atom stereocenters. The number of pyridine rings is 1. The van der Waals surface area contributed by atoms with Gasteiger partial charge in [0, 0.05) is 17.5 Å². The highest BCUT2D eigenvalue weighted by Gasteiger charge is 2.01. The number of aryl methyl sites for hydroxylation is 1. The van der Waals surface area contributed by atoms with Gasteiger partial charge in [0.1, 0.15) is 5.75 Å². The molecule has 0 amide bonds. The van der Waals surface area contributed by atoms with Crippen LogP contribution in [0.5, 0.6) is 5.75 Å². The summed E-state index contributed by atoms with van der Waals surface area (Å²) in [7, 11) is 0. The second-order valence-electron chi connectivity index (χ2n) is 3.46. The number of phenolic OH excluding ortho intramolecular Hbond substituents is 1. The van der Waals surface area contributed by atoms with Gasteiger partial charge in [-0.2, -0.15) is 0 Å². The molecule has 0 saturated heterocycles. The van der Waals surface area contributed by atoms with E-state index >= 15 is 0 Å². The minimum absolute atomic E-state index is 0.105. The van der Waals surface area contributed by atoms with E-state index in [2.05, 4.69) is 4.98 Å². The summed E-state index contributed by atoms with van der Waals surface area (Å²) in [5, 5.41) is 9.47. The molecule has 0 atom stereocenters. The van der Waals surface area contributed by atoms with Crippen LogP contribution < -0.4 is 5.73 Å². The van der Waals surface area contributed by atoms with Crippen molar-refractivity contribution in [3.8, 4) is 16.9 Å². The van der Waals surface area contributed by atoms with Crippen molar-refractivity contribution in [1.29, 1.82) is 0 Å². The third kappa shape index (κ3) is 1.91. The SMILES string of the molecule is Cc1ccc(-c2ccc(N)c(O)c2)cn1. The molecule has 76 valence electrons. The van der Waals surface area contributed by atoms with Gasteiger partial charge in [0.15, 0.2) is 0 Å². The monoisotopic (exact) mass is 200 g/mol. The highest BCUT2D eigenvalue weighted by atomic mass is 16.3. The summed E-state index contributed by atoms with van der Waals surface area (Å²) in [6, 6.07) is 9.09. The van der Waals surface area contributed by atoms with Crippen LogP contribution in [0.15, 0.2) is 36.5 Å². The van der Waals surface area contributed by atoms with Crippen LogP contribution in [0.3, 0.4) is 0 Å². The predicted octanol–water partition coefficient (Wildman–Crippen LogP) is 2.34. The summed E-state index contributed by atoms with van der Waals surface area (Å²) in [5.74, 6) is 0.105. The van der Waals surface area contributed by atoms with E-state index < -0.39 is 0 Å². The Morgan fingerprint density at radius 1 is 1.13 bits per heavy atom. The number of anilines is 1. The first-order valence-corrected chi connectivity index (χ1v) is 4.68. The molecule has 0 aliphatic rings.